The lowest BCUT2D eigenvalue weighted by Gasteiger charge is -2.09. The molecule has 0 saturated carbocycles. The van der Waals surface area contributed by atoms with E-state index in [1.165, 1.54) is 24.3 Å². The third-order valence-corrected chi connectivity index (χ3v) is 9.65. The first-order valence-corrected chi connectivity index (χ1v) is 12.9. The highest BCUT2D eigenvalue weighted by atomic mass is 32.2. The molecule has 8 heteroatoms. The van der Waals surface area contributed by atoms with Crippen LogP contribution < -0.4 is 5.11 Å². The molecule has 33 heavy (non-hydrogen) atoms. The number of sulfone groups is 2. The minimum Gasteiger partial charge on any atom is -0.871 e. The molecule has 0 aromatic heterocycles. The van der Waals surface area contributed by atoms with Crippen LogP contribution in [0.5, 0.6) is 0 Å². The molecule has 2 aliphatic rings. The van der Waals surface area contributed by atoms with Crippen LogP contribution >= 0.6 is 0 Å². The summed E-state index contributed by atoms with van der Waals surface area (Å²) in [6.45, 7) is 0. The standard InChI is InChI=1S/C25H14O6S2/c26-24-18-9-14-5-1-3-7-16(14)11-20(18)32(28,29)22(24)13-23-25(27)19-10-15-6-2-4-8-17(15)12-21(19)33(23,30)31/h1-13,26H/p-1/b23-13-. The van der Waals surface area contributed by atoms with Crippen molar-refractivity contribution in [3.05, 3.63) is 99.8 Å². The Morgan fingerprint density at radius 2 is 1.09 bits per heavy atom. The summed E-state index contributed by atoms with van der Waals surface area (Å²) in [6.07, 6.45) is 0.727. The van der Waals surface area contributed by atoms with Crippen molar-refractivity contribution in [2.45, 2.75) is 9.79 Å². The van der Waals surface area contributed by atoms with Gasteiger partial charge in [0.2, 0.25) is 25.5 Å². The Morgan fingerprint density at radius 3 is 1.64 bits per heavy atom. The molecule has 0 radical (unpaired) electrons. The third-order valence-electron chi connectivity index (χ3n) is 6.05. The molecule has 0 bridgehead atoms. The van der Waals surface area contributed by atoms with Gasteiger partial charge in [-0.3, -0.25) is 4.79 Å². The number of carbonyl (C=O) groups is 1. The van der Waals surface area contributed by atoms with E-state index in [1.54, 1.807) is 48.5 Å². The molecule has 6 rings (SSSR count). The Kier molecular flexibility index (Phi) is 3.86. The highest BCUT2D eigenvalue weighted by Crippen LogP contribution is 2.43. The van der Waals surface area contributed by atoms with Crippen molar-refractivity contribution in [3.63, 3.8) is 0 Å². The Labute approximate surface area is 188 Å². The van der Waals surface area contributed by atoms with Gasteiger partial charge in [0.1, 0.15) is 4.91 Å². The SMILES string of the molecule is O=C1/C(=C/C2=C([O-])c3cc4ccccc4cc3S2(=O)=O)S(=O)(=O)c2cc3ccccc3cc21. The van der Waals surface area contributed by atoms with E-state index in [-0.39, 0.29) is 20.9 Å². The molecular formula is C25H13O6S2-. The molecule has 4 aromatic carbocycles. The zero-order valence-corrected chi connectivity index (χ0v) is 18.4. The summed E-state index contributed by atoms with van der Waals surface area (Å²) in [4.78, 5) is 11.3. The Hall–Kier alpha value is -3.75. The molecule has 0 spiro atoms. The normalized spacial score (nSPS) is 19.4. The predicted molar refractivity (Wildman–Crippen MR) is 122 cm³/mol. The van der Waals surface area contributed by atoms with Gasteiger partial charge in [0.25, 0.3) is 0 Å². The second-order valence-corrected chi connectivity index (χ2v) is 11.7. The molecule has 0 amide bonds. The molecule has 162 valence electrons. The largest absolute Gasteiger partial charge is 0.871 e. The molecule has 2 aliphatic heterocycles. The smallest absolute Gasteiger partial charge is 0.211 e. The summed E-state index contributed by atoms with van der Waals surface area (Å²) in [6, 6.07) is 19.7. The summed E-state index contributed by atoms with van der Waals surface area (Å²) in [5.41, 5.74) is -0.0710. The summed E-state index contributed by atoms with van der Waals surface area (Å²) < 4.78 is 52.8. The predicted octanol–water partition coefficient (Wildman–Crippen LogP) is 3.36. The molecular weight excluding hydrogens is 460 g/mol. The molecule has 0 atom stereocenters. The molecule has 4 aromatic rings. The maximum absolute atomic E-state index is 13.2. The highest BCUT2D eigenvalue weighted by molar-refractivity contribution is 7.97. The van der Waals surface area contributed by atoms with Crippen LogP contribution in [-0.4, -0.2) is 22.6 Å². The van der Waals surface area contributed by atoms with Crippen LogP contribution in [0.15, 0.2) is 98.5 Å². The maximum atomic E-state index is 13.2. The minimum atomic E-state index is -4.30. The molecule has 0 unspecified atom stereocenters. The monoisotopic (exact) mass is 473 g/mol. The van der Waals surface area contributed by atoms with Gasteiger partial charge >= 0.3 is 0 Å². The van der Waals surface area contributed by atoms with Crippen LogP contribution in [0.3, 0.4) is 0 Å². The van der Waals surface area contributed by atoms with Gasteiger partial charge in [-0.05, 0) is 57.4 Å². The summed E-state index contributed by atoms with van der Waals surface area (Å²) in [5.74, 6) is -1.65. The fourth-order valence-corrected chi connectivity index (χ4v) is 7.64. The first-order chi connectivity index (χ1) is 15.7. The van der Waals surface area contributed by atoms with E-state index in [4.69, 9.17) is 0 Å². The Balaban J connectivity index is 1.58. The van der Waals surface area contributed by atoms with Crippen LogP contribution in [0.2, 0.25) is 0 Å². The number of fused-ring (bicyclic) bond motifs is 4. The van der Waals surface area contributed by atoms with Gasteiger partial charge in [0.05, 0.1) is 14.7 Å². The fourth-order valence-electron chi connectivity index (χ4n) is 4.39. The van der Waals surface area contributed by atoms with Crippen molar-refractivity contribution < 1.29 is 26.7 Å². The maximum Gasteiger partial charge on any atom is 0.211 e. The lowest BCUT2D eigenvalue weighted by molar-refractivity contribution is -0.244. The molecule has 2 heterocycles. The van der Waals surface area contributed by atoms with E-state index in [2.05, 4.69) is 0 Å². The third kappa shape index (κ3) is 2.62. The topological polar surface area (TPSA) is 108 Å². The average molecular weight is 474 g/mol. The van der Waals surface area contributed by atoms with E-state index in [0.717, 1.165) is 6.08 Å². The van der Waals surface area contributed by atoms with Crippen molar-refractivity contribution in [2.75, 3.05) is 0 Å². The number of hydrogen-bond acceptors (Lipinski definition) is 6. The van der Waals surface area contributed by atoms with E-state index in [1.807, 2.05) is 0 Å². The Bertz CT molecular complexity index is 1860. The number of allylic oxidation sites excluding steroid dienone is 2. The molecule has 6 nitrogen and oxygen atoms in total. The van der Waals surface area contributed by atoms with Gasteiger partial charge in [-0.2, -0.15) is 0 Å². The lowest BCUT2D eigenvalue weighted by Crippen LogP contribution is -2.08. The zero-order chi connectivity index (χ0) is 23.1. The van der Waals surface area contributed by atoms with E-state index in [9.17, 15) is 26.7 Å². The zero-order valence-electron chi connectivity index (χ0n) is 16.8. The van der Waals surface area contributed by atoms with Crippen LogP contribution in [0.25, 0.3) is 27.3 Å². The average Bonchev–Trinajstić information content (AvgIpc) is 3.10. The number of Topliss-reactive ketones (excluding diaryl/α,β-unsaturated/α-hetero) is 1. The van der Waals surface area contributed by atoms with E-state index >= 15 is 0 Å². The van der Waals surface area contributed by atoms with Crippen LogP contribution in [0, 0.1) is 0 Å². The molecule has 0 N–H and O–H groups in total. The van der Waals surface area contributed by atoms with Gasteiger partial charge in [-0.25, -0.2) is 16.8 Å². The number of ketones is 1. The van der Waals surface area contributed by atoms with Crippen LogP contribution in [-0.2, 0) is 19.7 Å². The number of rotatable bonds is 1. The number of benzene rings is 4. The van der Waals surface area contributed by atoms with Gasteiger partial charge in [-0.1, -0.05) is 54.3 Å². The van der Waals surface area contributed by atoms with Gasteiger partial charge in [0.15, 0.2) is 0 Å². The molecule has 0 fully saturated rings. The van der Waals surface area contributed by atoms with Gasteiger partial charge < -0.3 is 5.11 Å². The minimum absolute atomic E-state index is 0.0355. The van der Waals surface area contributed by atoms with Crippen LogP contribution in [0.1, 0.15) is 15.9 Å². The second-order valence-electron chi connectivity index (χ2n) is 7.93. The highest BCUT2D eigenvalue weighted by Gasteiger charge is 2.41. The van der Waals surface area contributed by atoms with Crippen molar-refractivity contribution in [3.8, 4) is 0 Å². The molecule has 0 saturated heterocycles. The van der Waals surface area contributed by atoms with Crippen molar-refractivity contribution >= 4 is 52.8 Å². The lowest BCUT2D eigenvalue weighted by atomic mass is 10.0. The first-order valence-electron chi connectivity index (χ1n) is 9.93. The number of hydrogen-bond donors (Lipinski definition) is 0. The van der Waals surface area contributed by atoms with Crippen LogP contribution in [0.4, 0.5) is 0 Å². The summed E-state index contributed by atoms with van der Waals surface area (Å²) >= 11 is 0. The summed E-state index contributed by atoms with van der Waals surface area (Å²) in [7, 11) is -8.60. The molecule has 0 aliphatic carbocycles. The van der Waals surface area contributed by atoms with E-state index in [0.29, 0.717) is 21.5 Å². The van der Waals surface area contributed by atoms with E-state index < -0.39 is 41.0 Å². The summed E-state index contributed by atoms with van der Waals surface area (Å²) in [5, 5.41) is 15.7. The van der Waals surface area contributed by atoms with Crippen molar-refractivity contribution in [1.29, 1.82) is 0 Å². The van der Waals surface area contributed by atoms with Gasteiger partial charge in [-0.15, -0.1) is 0 Å². The van der Waals surface area contributed by atoms with Crippen molar-refractivity contribution in [1.82, 2.24) is 0 Å². The first kappa shape index (κ1) is 19.9. The number of carbonyl (C=O) groups excluding carboxylic acids is 1. The fraction of sp³-hybridized carbons (Fsp3) is 0. The van der Waals surface area contributed by atoms with Crippen molar-refractivity contribution in [2.24, 2.45) is 0 Å². The quantitative estimate of drug-likeness (QED) is 0.392. The Morgan fingerprint density at radius 1 is 0.636 bits per heavy atom. The van der Waals surface area contributed by atoms with Gasteiger partial charge in [0, 0.05) is 5.56 Å². The second kappa shape index (κ2) is 6.40.